The smallest absolute Gasteiger partial charge is 0.0605 e. The quantitative estimate of drug-likeness (QED) is 0.856. The van der Waals surface area contributed by atoms with Gasteiger partial charge in [-0.3, -0.25) is 4.98 Å². The Bertz CT molecular complexity index is 554. The number of halogens is 1. The van der Waals surface area contributed by atoms with E-state index in [-0.39, 0.29) is 6.04 Å². The average Bonchev–Trinajstić information content (AvgIpc) is 2.46. The van der Waals surface area contributed by atoms with Crippen LogP contribution in [-0.2, 0) is 6.42 Å². The fourth-order valence-corrected chi connectivity index (χ4v) is 2.54. The van der Waals surface area contributed by atoms with Crippen LogP contribution in [0.25, 0.3) is 0 Å². The molecule has 0 aliphatic carbocycles. The van der Waals surface area contributed by atoms with E-state index in [0.29, 0.717) is 0 Å². The highest BCUT2D eigenvalue weighted by Gasteiger charge is 2.16. The number of aromatic nitrogens is 1. The Balaban J connectivity index is 2.24. The van der Waals surface area contributed by atoms with Crippen molar-refractivity contribution in [1.82, 2.24) is 10.3 Å². The largest absolute Gasteiger partial charge is 0.308 e. The third-order valence-electron chi connectivity index (χ3n) is 3.40. The fraction of sp³-hybridized carbons (Fsp3) is 0.353. The number of benzene rings is 1. The van der Waals surface area contributed by atoms with E-state index in [4.69, 9.17) is 11.6 Å². The second-order valence-corrected chi connectivity index (χ2v) is 5.41. The Kier molecular flexibility index (Phi) is 5.57. The van der Waals surface area contributed by atoms with Gasteiger partial charge in [0.1, 0.15) is 0 Å². The lowest BCUT2D eigenvalue weighted by molar-refractivity contribution is 0.515. The maximum absolute atomic E-state index is 6.28. The number of hydrogen-bond acceptors (Lipinski definition) is 2. The van der Waals surface area contributed by atoms with Crippen LogP contribution in [0.5, 0.6) is 0 Å². The normalized spacial score (nSPS) is 12.3. The first-order valence-corrected chi connectivity index (χ1v) is 7.48. The molecule has 0 radical (unpaired) electrons. The summed E-state index contributed by atoms with van der Waals surface area (Å²) >= 11 is 6.28. The number of rotatable bonds is 6. The van der Waals surface area contributed by atoms with Gasteiger partial charge in [-0.15, -0.1) is 0 Å². The van der Waals surface area contributed by atoms with E-state index in [2.05, 4.69) is 36.3 Å². The molecule has 1 atom stereocenters. The lowest BCUT2D eigenvalue weighted by Crippen LogP contribution is -2.25. The second-order valence-electron chi connectivity index (χ2n) is 5.01. The number of pyridine rings is 1. The van der Waals surface area contributed by atoms with Crippen LogP contribution in [0.4, 0.5) is 0 Å². The van der Waals surface area contributed by atoms with E-state index in [1.165, 1.54) is 5.56 Å². The van der Waals surface area contributed by atoms with Crippen LogP contribution in [0.1, 0.15) is 36.2 Å². The van der Waals surface area contributed by atoms with Gasteiger partial charge in [-0.1, -0.05) is 42.8 Å². The van der Waals surface area contributed by atoms with Gasteiger partial charge in [-0.2, -0.15) is 0 Å². The van der Waals surface area contributed by atoms with E-state index >= 15 is 0 Å². The summed E-state index contributed by atoms with van der Waals surface area (Å²) in [6.45, 7) is 5.26. The van der Waals surface area contributed by atoms with Crippen molar-refractivity contribution >= 4 is 11.6 Å². The summed E-state index contributed by atoms with van der Waals surface area (Å²) in [4.78, 5) is 4.55. The molecule has 3 heteroatoms. The molecule has 0 aliphatic heterocycles. The zero-order valence-electron chi connectivity index (χ0n) is 12.1. The predicted octanol–water partition coefficient (Wildman–Crippen LogP) is 4.33. The SMILES string of the molecule is CCCNC(Cc1ccccc1Cl)c1ncccc1C. The molecule has 0 amide bonds. The van der Waals surface area contributed by atoms with Gasteiger partial charge >= 0.3 is 0 Å². The van der Waals surface area contributed by atoms with Crippen molar-refractivity contribution in [3.63, 3.8) is 0 Å². The molecule has 106 valence electrons. The van der Waals surface area contributed by atoms with Crippen LogP contribution >= 0.6 is 11.6 Å². The first-order valence-electron chi connectivity index (χ1n) is 7.10. The monoisotopic (exact) mass is 288 g/mol. The molecule has 0 spiro atoms. The molecule has 0 bridgehead atoms. The predicted molar refractivity (Wildman–Crippen MR) is 85.2 cm³/mol. The zero-order chi connectivity index (χ0) is 14.4. The number of aryl methyl sites for hydroxylation is 1. The van der Waals surface area contributed by atoms with Crippen molar-refractivity contribution in [3.8, 4) is 0 Å². The van der Waals surface area contributed by atoms with E-state index < -0.39 is 0 Å². The average molecular weight is 289 g/mol. The van der Waals surface area contributed by atoms with Gasteiger partial charge in [-0.05, 0) is 49.6 Å². The summed E-state index contributed by atoms with van der Waals surface area (Å²) in [5.41, 5.74) is 3.49. The Labute approximate surface area is 126 Å². The Morgan fingerprint density at radius 2 is 2.00 bits per heavy atom. The van der Waals surface area contributed by atoms with E-state index in [9.17, 15) is 0 Å². The standard InChI is InChI=1S/C17H21ClN2/c1-3-10-19-16(17-13(2)7-6-11-20-17)12-14-8-4-5-9-15(14)18/h4-9,11,16,19H,3,10,12H2,1-2H3. The van der Waals surface area contributed by atoms with Crippen molar-refractivity contribution in [1.29, 1.82) is 0 Å². The van der Waals surface area contributed by atoms with Crippen molar-refractivity contribution < 1.29 is 0 Å². The molecular formula is C17H21ClN2. The first-order chi connectivity index (χ1) is 9.72. The van der Waals surface area contributed by atoms with E-state index in [1.807, 2.05) is 30.5 Å². The Hall–Kier alpha value is -1.38. The maximum atomic E-state index is 6.28. The molecule has 0 saturated carbocycles. The highest BCUT2D eigenvalue weighted by molar-refractivity contribution is 6.31. The molecule has 0 aliphatic rings. The Morgan fingerprint density at radius 1 is 1.20 bits per heavy atom. The number of hydrogen-bond donors (Lipinski definition) is 1. The maximum Gasteiger partial charge on any atom is 0.0605 e. The summed E-state index contributed by atoms with van der Waals surface area (Å²) in [6.07, 6.45) is 3.82. The molecular weight excluding hydrogens is 268 g/mol. The lowest BCUT2D eigenvalue weighted by Gasteiger charge is -2.20. The lowest BCUT2D eigenvalue weighted by atomic mass is 9.99. The third kappa shape index (κ3) is 3.81. The molecule has 1 N–H and O–H groups in total. The second kappa shape index (κ2) is 7.41. The summed E-state index contributed by atoms with van der Waals surface area (Å²) in [6, 6.07) is 12.3. The van der Waals surface area contributed by atoms with Gasteiger partial charge in [0.2, 0.25) is 0 Å². The highest BCUT2D eigenvalue weighted by atomic mass is 35.5. The summed E-state index contributed by atoms with van der Waals surface area (Å²) < 4.78 is 0. The molecule has 1 unspecified atom stereocenters. The minimum Gasteiger partial charge on any atom is -0.308 e. The molecule has 0 saturated heterocycles. The van der Waals surface area contributed by atoms with Crippen LogP contribution in [-0.4, -0.2) is 11.5 Å². The minimum atomic E-state index is 0.205. The van der Waals surface area contributed by atoms with Crippen LogP contribution in [0.15, 0.2) is 42.6 Å². The van der Waals surface area contributed by atoms with Crippen LogP contribution in [0.2, 0.25) is 5.02 Å². The Morgan fingerprint density at radius 3 is 2.70 bits per heavy atom. The topological polar surface area (TPSA) is 24.9 Å². The van der Waals surface area contributed by atoms with Gasteiger partial charge in [0.25, 0.3) is 0 Å². The van der Waals surface area contributed by atoms with Gasteiger partial charge in [-0.25, -0.2) is 0 Å². The number of nitrogens with one attached hydrogen (secondary N) is 1. The molecule has 1 aromatic carbocycles. The molecule has 2 rings (SSSR count). The first kappa shape index (κ1) is 15.0. The van der Waals surface area contributed by atoms with Gasteiger partial charge in [0.15, 0.2) is 0 Å². The highest BCUT2D eigenvalue weighted by Crippen LogP contribution is 2.24. The third-order valence-corrected chi connectivity index (χ3v) is 3.77. The van der Waals surface area contributed by atoms with E-state index in [0.717, 1.165) is 35.7 Å². The molecule has 1 aromatic heterocycles. The molecule has 2 nitrogen and oxygen atoms in total. The van der Waals surface area contributed by atoms with Crippen LogP contribution < -0.4 is 5.32 Å². The summed E-state index contributed by atoms with van der Waals surface area (Å²) in [5, 5.41) is 4.40. The molecule has 2 aromatic rings. The summed E-state index contributed by atoms with van der Waals surface area (Å²) in [5.74, 6) is 0. The van der Waals surface area contributed by atoms with Gasteiger partial charge in [0, 0.05) is 11.2 Å². The molecule has 0 fully saturated rings. The van der Waals surface area contributed by atoms with Crippen molar-refractivity contribution in [2.24, 2.45) is 0 Å². The molecule has 1 heterocycles. The zero-order valence-corrected chi connectivity index (χ0v) is 12.8. The summed E-state index contributed by atoms with van der Waals surface area (Å²) in [7, 11) is 0. The van der Waals surface area contributed by atoms with Gasteiger partial charge < -0.3 is 5.32 Å². The van der Waals surface area contributed by atoms with Crippen LogP contribution in [0.3, 0.4) is 0 Å². The van der Waals surface area contributed by atoms with Crippen LogP contribution in [0, 0.1) is 6.92 Å². The minimum absolute atomic E-state index is 0.205. The fourth-order valence-electron chi connectivity index (χ4n) is 2.33. The van der Waals surface area contributed by atoms with Gasteiger partial charge in [0.05, 0.1) is 11.7 Å². The van der Waals surface area contributed by atoms with E-state index in [1.54, 1.807) is 0 Å². The van der Waals surface area contributed by atoms with Crippen molar-refractivity contribution in [2.75, 3.05) is 6.54 Å². The van der Waals surface area contributed by atoms with Crippen molar-refractivity contribution in [3.05, 3.63) is 64.4 Å². The molecule has 20 heavy (non-hydrogen) atoms. The van der Waals surface area contributed by atoms with Crippen molar-refractivity contribution in [2.45, 2.75) is 32.7 Å². The number of nitrogens with zero attached hydrogens (tertiary/aromatic N) is 1.